The molecule has 0 aromatic rings. The highest BCUT2D eigenvalue weighted by Crippen LogP contribution is 2.23. The smallest absolute Gasteiger partial charge is 0.00950 e. The lowest BCUT2D eigenvalue weighted by atomic mass is 9.85. The Labute approximate surface area is 70.6 Å². The van der Waals surface area contributed by atoms with Crippen molar-refractivity contribution in [3.8, 4) is 0 Å². The van der Waals surface area contributed by atoms with E-state index in [0.717, 1.165) is 12.0 Å². The maximum atomic E-state index is 3.63. The SMILES string of the molecule is CC(C)N[C@H]1CCCC[C@@H]1C. The highest BCUT2D eigenvalue weighted by Gasteiger charge is 2.20. The first-order chi connectivity index (χ1) is 5.20. The molecular formula is C10H21N. The first kappa shape index (κ1) is 9.05. The first-order valence-electron chi connectivity index (χ1n) is 4.96. The number of nitrogens with one attached hydrogen (secondary N) is 1. The number of rotatable bonds is 2. The van der Waals surface area contributed by atoms with Crippen LogP contribution in [0.1, 0.15) is 46.5 Å². The minimum absolute atomic E-state index is 0.653. The van der Waals surface area contributed by atoms with E-state index in [1.807, 2.05) is 0 Å². The summed E-state index contributed by atoms with van der Waals surface area (Å²) in [5.74, 6) is 0.895. The predicted octanol–water partition coefficient (Wildman–Crippen LogP) is 2.56. The summed E-state index contributed by atoms with van der Waals surface area (Å²) < 4.78 is 0. The largest absolute Gasteiger partial charge is 0.312 e. The Balaban J connectivity index is 2.29. The summed E-state index contributed by atoms with van der Waals surface area (Å²) >= 11 is 0. The maximum absolute atomic E-state index is 3.63. The lowest BCUT2D eigenvalue weighted by molar-refractivity contribution is 0.267. The Morgan fingerprint density at radius 1 is 1.18 bits per heavy atom. The standard InChI is InChI=1S/C10H21N/c1-8(2)11-10-7-5-4-6-9(10)3/h8-11H,4-7H2,1-3H3/t9-,10-/m0/s1. The maximum Gasteiger partial charge on any atom is 0.00950 e. The van der Waals surface area contributed by atoms with Crippen LogP contribution in [0.15, 0.2) is 0 Å². The molecule has 0 aliphatic heterocycles. The highest BCUT2D eigenvalue weighted by molar-refractivity contribution is 4.78. The summed E-state index contributed by atoms with van der Waals surface area (Å²) in [4.78, 5) is 0. The van der Waals surface area contributed by atoms with E-state index in [1.54, 1.807) is 0 Å². The van der Waals surface area contributed by atoms with Crippen LogP contribution in [-0.2, 0) is 0 Å². The van der Waals surface area contributed by atoms with Crippen molar-refractivity contribution in [3.05, 3.63) is 0 Å². The van der Waals surface area contributed by atoms with Gasteiger partial charge >= 0.3 is 0 Å². The van der Waals surface area contributed by atoms with Gasteiger partial charge in [-0.2, -0.15) is 0 Å². The fraction of sp³-hybridized carbons (Fsp3) is 1.00. The molecule has 2 atom stereocenters. The molecule has 1 heteroatoms. The van der Waals surface area contributed by atoms with Crippen molar-refractivity contribution in [2.45, 2.75) is 58.5 Å². The molecule has 0 saturated heterocycles. The highest BCUT2D eigenvalue weighted by atomic mass is 14.9. The number of hydrogen-bond acceptors (Lipinski definition) is 1. The zero-order valence-corrected chi connectivity index (χ0v) is 8.06. The average molecular weight is 155 g/mol. The van der Waals surface area contributed by atoms with Crippen LogP contribution in [0.2, 0.25) is 0 Å². The average Bonchev–Trinajstić information content (AvgIpc) is 1.93. The Morgan fingerprint density at radius 3 is 2.36 bits per heavy atom. The molecule has 0 amide bonds. The van der Waals surface area contributed by atoms with Gasteiger partial charge in [-0.1, -0.05) is 33.6 Å². The minimum Gasteiger partial charge on any atom is -0.312 e. The van der Waals surface area contributed by atoms with Crippen molar-refractivity contribution in [1.82, 2.24) is 5.32 Å². The van der Waals surface area contributed by atoms with E-state index in [0.29, 0.717) is 6.04 Å². The van der Waals surface area contributed by atoms with Crippen LogP contribution in [-0.4, -0.2) is 12.1 Å². The molecule has 1 fully saturated rings. The Bertz CT molecular complexity index is 109. The van der Waals surface area contributed by atoms with Gasteiger partial charge < -0.3 is 5.32 Å². The van der Waals surface area contributed by atoms with Gasteiger partial charge in [-0.05, 0) is 18.8 Å². The lowest BCUT2D eigenvalue weighted by Crippen LogP contribution is -2.41. The van der Waals surface area contributed by atoms with E-state index in [2.05, 4.69) is 26.1 Å². The normalized spacial score (nSPS) is 32.7. The third kappa shape index (κ3) is 2.82. The zero-order valence-electron chi connectivity index (χ0n) is 8.06. The van der Waals surface area contributed by atoms with Crippen LogP contribution in [0.5, 0.6) is 0 Å². The molecule has 0 aromatic carbocycles. The topological polar surface area (TPSA) is 12.0 Å². The van der Waals surface area contributed by atoms with Crippen LogP contribution in [0.25, 0.3) is 0 Å². The molecule has 0 bridgehead atoms. The van der Waals surface area contributed by atoms with E-state index < -0.39 is 0 Å². The molecule has 1 aliphatic rings. The van der Waals surface area contributed by atoms with Crippen molar-refractivity contribution in [3.63, 3.8) is 0 Å². The van der Waals surface area contributed by atoms with Crippen molar-refractivity contribution < 1.29 is 0 Å². The van der Waals surface area contributed by atoms with E-state index in [-0.39, 0.29) is 0 Å². The van der Waals surface area contributed by atoms with Gasteiger partial charge in [0, 0.05) is 12.1 Å². The Morgan fingerprint density at radius 2 is 1.82 bits per heavy atom. The van der Waals surface area contributed by atoms with Crippen molar-refractivity contribution in [1.29, 1.82) is 0 Å². The third-order valence-electron chi connectivity index (χ3n) is 2.66. The molecule has 1 aliphatic carbocycles. The zero-order chi connectivity index (χ0) is 8.27. The quantitative estimate of drug-likeness (QED) is 0.646. The second-order valence-corrected chi connectivity index (χ2v) is 4.19. The molecule has 0 unspecified atom stereocenters. The van der Waals surface area contributed by atoms with Gasteiger partial charge in [0.15, 0.2) is 0 Å². The summed E-state index contributed by atoms with van der Waals surface area (Å²) in [6.45, 7) is 6.85. The van der Waals surface area contributed by atoms with E-state index in [9.17, 15) is 0 Å². The van der Waals surface area contributed by atoms with Gasteiger partial charge in [0.25, 0.3) is 0 Å². The van der Waals surface area contributed by atoms with Crippen LogP contribution >= 0.6 is 0 Å². The van der Waals surface area contributed by atoms with Gasteiger partial charge in [-0.15, -0.1) is 0 Å². The second kappa shape index (κ2) is 4.10. The van der Waals surface area contributed by atoms with Crippen molar-refractivity contribution in [2.24, 2.45) is 5.92 Å². The van der Waals surface area contributed by atoms with Gasteiger partial charge in [0.1, 0.15) is 0 Å². The molecule has 0 spiro atoms. The lowest BCUT2D eigenvalue weighted by Gasteiger charge is -2.31. The summed E-state index contributed by atoms with van der Waals surface area (Å²) in [6.07, 6.45) is 5.68. The summed E-state index contributed by atoms with van der Waals surface area (Å²) in [6, 6.07) is 1.45. The molecule has 1 rings (SSSR count). The Kier molecular flexibility index (Phi) is 3.38. The molecule has 0 heterocycles. The fourth-order valence-electron chi connectivity index (χ4n) is 1.99. The van der Waals surface area contributed by atoms with Crippen LogP contribution in [0.3, 0.4) is 0 Å². The van der Waals surface area contributed by atoms with Gasteiger partial charge in [0.05, 0.1) is 0 Å². The van der Waals surface area contributed by atoms with Crippen molar-refractivity contribution >= 4 is 0 Å². The molecule has 66 valence electrons. The predicted molar refractivity (Wildman–Crippen MR) is 49.7 cm³/mol. The third-order valence-corrected chi connectivity index (χ3v) is 2.66. The van der Waals surface area contributed by atoms with E-state index in [4.69, 9.17) is 0 Å². The minimum atomic E-state index is 0.653. The fourth-order valence-corrected chi connectivity index (χ4v) is 1.99. The van der Waals surface area contributed by atoms with Gasteiger partial charge in [-0.25, -0.2) is 0 Å². The Hall–Kier alpha value is -0.0400. The second-order valence-electron chi connectivity index (χ2n) is 4.19. The summed E-state index contributed by atoms with van der Waals surface area (Å²) in [5, 5.41) is 3.63. The first-order valence-corrected chi connectivity index (χ1v) is 4.96. The van der Waals surface area contributed by atoms with Gasteiger partial charge in [-0.3, -0.25) is 0 Å². The van der Waals surface area contributed by atoms with E-state index >= 15 is 0 Å². The monoisotopic (exact) mass is 155 g/mol. The molecular weight excluding hydrogens is 134 g/mol. The molecule has 1 nitrogen and oxygen atoms in total. The summed E-state index contributed by atoms with van der Waals surface area (Å²) in [7, 11) is 0. The molecule has 1 N–H and O–H groups in total. The van der Waals surface area contributed by atoms with Gasteiger partial charge in [0.2, 0.25) is 0 Å². The summed E-state index contributed by atoms with van der Waals surface area (Å²) in [5.41, 5.74) is 0. The number of hydrogen-bond donors (Lipinski definition) is 1. The van der Waals surface area contributed by atoms with E-state index in [1.165, 1.54) is 25.7 Å². The van der Waals surface area contributed by atoms with Crippen LogP contribution in [0, 0.1) is 5.92 Å². The molecule has 0 aromatic heterocycles. The molecule has 11 heavy (non-hydrogen) atoms. The molecule has 1 saturated carbocycles. The van der Waals surface area contributed by atoms with Crippen LogP contribution < -0.4 is 5.32 Å². The van der Waals surface area contributed by atoms with Crippen molar-refractivity contribution in [2.75, 3.05) is 0 Å². The molecule has 0 radical (unpaired) electrons. The van der Waals surface area contributed by atoms with Crippen LogP contribution in [0.4, 0.5) is 0 Å².